The molecule has 0 saturated carbocycles. The summed E-state index contributed by atoms with van der Waals surface area (Å²) in [7, 11) is 0. The zero-order valence-corrected chi connectivity index (χ0v) is 13.4. The number of aromatic nitrogens is 2. The van der Waals surface area contributed by atoms with Gasteiger partial charge in [0, 0.05) is 13.2 Å². The van der Waals surface area contributed by atoms with Crippen molar-refractivity contribution >= 4 is 11.6 Å². The predicted octanol–water partition coefficient (Wildman–Crippen LogP) is 0.942. The average molecular weight is 332 g/mol. The van der Waals surface area contributed by atoms with Crippen molar-refractivity contribution in [3.05, 3.63) is 34.8 Å². The first-order chi connectivity index (χ1) is 11.6. The lowest BCUT2D eigenvalue weighted by Crippen LogP contribution is -2.40. The Hall–Kier alpha value is -2.61. The van der Waals surface area contributed by atoms with E-state index in [1.807, 2.05) is 0 Å². The molecule has 2 aromatic heterocycles. The van der Waals surface area contributed by atoms with Crippen LogP contribution in [0.5, 0.6) is 0 Å². The summed E-state index contributed by atoms with van der Waals surface area (Å²) in [5, 5.41) is 7.01. The SMILES string of the molecule is C[C@H](C(=O)NC[C@H]1CCCO1)n1nc(-c2ccco2)cc(N)c1=O. The molecule has 2 aromatic rings. The molecule has 0 radical (unpaired) electrons. The van der Waals surface area contributed by atoms with Crippen LogP contribution >= 0.6 is 0 Å². The molecule has 3 heterocycles. The molecule has 128 valence electrons. The van der Waals surface area contributed by atoms with E-state index >= 15 is 0 Å². The minimum Gasteiger partial charge on any atom is -0.463 e. The molecule has 8 nitrogen and oxygen atoms in total. The monoisotopic (exact) mass is 332 g/mol. The summed E-state index contributed by atoms with van der Waals surface area (Å²) >= 11 is 0. The Bertz CT molecular complexity index is 763. The van der Waals surface area contributed by atoms with Crippen LogP contribution in [0, 0.1) is 0 Å². The molecule has 1 saturated heterocycles. The number of amides is 1. The van der Waals surface area contributed by atoms with Crippen molar-refractivity contribution in [2.45, 2.75) is 31.9 Å². The van der Waals surface area contributed by atoms with Crippen LogP contribution in [0.25, 0.3) is 11.5 Å². The number of carbonyl (C=O) groups excluding carboxylic acids is 1. The largest absolute Gasteiger partial charge is 0.463 e. The number of nitrogens with zero attached hydrogens (tertiary/aromatic N) is 2. The van der Waals surface area contributed by atoms with Gasteiger partial charge >= 0.3 is 0 Å². The third-order valence-electron chi connectivity index (χ3n) is 4.01. The molecule has 1 fully saturated rings. The number of nitrogen functional groups attached to an aromatic ring is 1. The maximum Gasteiger partial charge on any atom is 0.290 e. The zero-order valence-electron chi connectivity index (χ0n) is 13.4. The first-order valence-corrected chi connectivity index (χ1v) is 7.89. The van der Waals surface area contributed by atoms with Gasteiger partial charge in [0.2, 0.25) is 5.91 Å². The van der Waals surface area contributed by atoms with Crippen molar-refractivity contribution in [1.29, 1.82) is 0 Å². The second-order valence-corrected chi connectivity index (χ2v) is 5.77. The summed E-state index contributed by atoms with van der Waals surface area (Å²) < 4.78 is 11.8. The highest BCUT2D eigenvalue weighted by molar-refractivity contribution is 5.79. The lowest BCUT2D eigenvalue weighted by molar-refractivity contribution is -0.124. The molecule has 0 bridgehead atoms. The van der Waals surface area contributed by atoms with Crippen LogP contribution in [-0.2, 0) is 9.53 Å². The molecule has 1 aliphatic heterocycles. The van der Waals surface area contributed by atoms with E-state index < -0.39 is 11.6 Å². The normalized spacial score (nSPS) is 18.5. The van der Waals surface area contributed by atoms with Gasteiger partial charge in [-0.15, -0.1) is 0 Å². The Morgan fingerprint density at radius 1 is 1.58 bits per heavy atom. The summed E-state index contributed by atoms with van der Waals surface area (Å²) in [4.78, 5) is 24.6. The van der Waals surface area contributed by atoms with E-state index in [0.29, 0.717) is 18.0 Å². The van der Waals surface area contributed by atoms with Gasteiger partial charge in [0.1, 0.15) is 17.4 Å². The Morgan fingerprint density at radius 2 is 2.42 bits per heavy atom. The maximum absolute atomic E-state index is 12.3. The summed E-state index contributed by atoms with van der Waals surface area (Å²) in [6.45, 7) is 2.74. The van der Waals surface area contributed by atoms with Gasteiger partial charge in [-0.3, -0.25) is 9.59 Å². The van der Waals surface area contributed by atoms with Gasteiger partial charge in [-0.2, -0.15) is 5.10 Å². The summed E-state index contributed by atoms with van der Waals surface area (Å²) in [6, 6.07) is 4.06. The van der Waals surface area contributed by atoms with Gasteiger partial charge in [0.25, 0.3) is 5.56 Å². The Balaban J connectivity index is 1.79. The lowest BCUT2D eigenvalue weighted by Gasteiger charge is -2.17. The van der Waals surface area contributed by atoms with Gasteiger partial charge < -0.3 is 20.2 Å². The van der Waals surface area contributed by atoms with E-state index in [2.05, 4.69) is 10.4 Å². The van der Waals surface area contributed by atoms with E-state index in [4.69, 9.17) is 14.9 Å². The van der Waals surface area contributed by atoms with Crippen molar-refractivity contribution in [2.24, 2.45) is 0 Å². The highest BCUT2D eigenvalue weighted by atomic mass is 16.5. The number of ether oxygens (including phenoxy) is 1. The second-order valence-electron chi connectivity index (χ2n) is 5.77. The Kier molecular flexibility index (Phi) is 4.66. The Labute approximate surface area is 138 Å². The molecular weight excluding hydrogens is 312 g/mol. The number of carbonyl (C=O) groups is 1. The highest BCUT2D eigenvalue weighted by Gasteiger charge is 2.22. The van der Waals surface area contributed by atoms with Crippen LogP contribution in [0.3, 0.4) is 0 Å². The lowest BCUT2D eigenvalue weighted by atomic mass is 10.2. The summed E-state index contributed by atoms with van der Waals surface area (Å²) in [6.07, 6.45) is 3.46. The number of rotatable bonds is 5. The van der Waals surface area contributed by atoms with E-state index in [1.54, 1.807) is 19.1 Å². The molecule has 0 aliphatic carbocycles. The molecule has 1 aliphatic rings. The topological polar surface area (TPSA) is 112 Å². The van der Waals surface area contributed by atoms with Crippen molar-refractivity contribution in [3.63, 3.8) is 0 Å². The van der Waals surface area contributed by atoms with E-state index in [0.717, 1.165) is 24.1 Å². The molecule has 3 rings (SSSR count). The number of nitrogens with two attached hydrogens (primary N) is 1. The Morgan fingerprint density at radius 3 is 3.08 bits per heavy atom. The molecule has 8 heteroatoms. The molecule has 3 N–H and O–H groups in total. The van der Waals surface area contributed by atoms with Crippen molar-refractivity contribution in [3.8, 4) is 11.5 Å². The number of anilines is 1. The quantitative estimate of drug-likeness (QED) is 0.843. The molecule has 0 unspecified atom stereocenters. The molecule has 2 atom stereocenters. The predicted molar refractivity (Wildman–Crippen MR) is 87.3 cm³/mol. The number of hydrogen-bond acceptors (Lipinski definition) is 6. The minimum absolute atomic E-state index is 0.00942. The summed E-state index contributed by atoms with van der Waals surface area (Å²) in [5.41, 5.74) is 5.67. The third kappa shape index (κ3) is 3.33. The van der Waals surface area contributed by atoms with Crippen LogP contribution in [0.15, 0.2) is 33.7 Å². The standard InChI is InChI=1S/C16H20N4O4/c1-10(15(21)18-9-11-4-2-6-23-11)20-16(22)12(17)8-13(19-20)14-5-3-7-24-14/h3,5,7-8,10-11H,2,4,6,9,17H2,1H3,(H,18,21)/t10-,11-/m1/s1. The minimum atomic E-state index is -0.795. The van der Waals surface area contributed by atoms with Gasteiger partial charge in [0.05, 0.1) is 12.4 Å². The van der Waals surface area contributed by atoms with Crippen LogP contribution in [0.2, 0.25) is 0 Å². The third-order valence-corrected chi connectivity index (χ3v) is 4.01. The fourth-order valence-electron chi connectivity index (χ4n) is 2.62. The summed E-state index contributed by atoms with van der Waals surface area (Å²) in [5.74, 6) is 0.165. The molecule has 24 heavy (non-hydrogen) atoms. The van der Waals surface area contributed by atoms with Crippen molar-refractivity contribution in [1.82, 2.24) is 15.1 Å². The molecule has 1 amide bonds. The molecule has 0 aromatic carbocycles. The average Bonchev–Trinajstić information content (AvgIpc) is 3.27. The van der Waals surface area contributed by atoms with Crippen molar-refractivity contribution in [2.75, 3.05) is 18.9 Å². The number of furan rings is 1. The fourth-order valence-corrected chi connectivity index (χ4v) is 2.62. The molecule has 0 spiro atoms. The first kappa shape index (κ1) is 16.3. The zero-order chi connectivity index (χ0) is 17.1. The van der Waals surface area contributed by atoms with Gasteiger partial charge in [-0.25, -0.2) is 4.68 Å². The van der Waals surface area contributed by atoms with Gasteiger partial charge in [-0.1, -0.05) is 0 Å². The molecular formula is C16H20N4O4. The fraction of sp³-hybridized carbons (Fsp3) is 0.438. The smallest absolute Gasteiger partial charge is 0.290 e. The number of hydrogen-bond donors (Lipinski definition) is 2. The van der Waals surface area contributed by atoms with E-state index in [1.165, 1.54) is 12.3 Å². The van der Waals surface area contributed by atoms with Crippen molar-refractivity contribution < 1.29 is 13.9 Å². The maximum atomic E-state index is 12.3. The van der Waals surface area contributed by atoms with E-state index in [-0.39, 0.29) is 17.7 Å². The first-order valence-electron chi connectivity index (χ1n) is 7.89. The second kappa shape index (κ2) is 6.88. The highest BCUT2D eigenvalue weighted by Crippen LogP contribution is 2.18. The van der Waals surface area contributed by atoms with E-state index in [9.17, 15) is 9.59 Å². The van der Waals surface area contributed by atoms with Gasteiger partial charge in [-0.05, 0) is 38.0 Å². The van der Waals surface area contributed by atoms with Crippen LogP contribution in [0.4, 0.5) is 5.69 Å². The van der Waals surface area contributed by atoms with Crippen LogP contribution in [0.1, 0.15) is 25.8 Å². The van der Waals surface area contributed by atoms with Crippen LogP contribution < -0.4 is 16.6 Å². The van der Waals surface area contributed by atoms with Gasteiger partial charge in [0.15, 0.2) is 5.76 Å². The van der Waals surface area contributed by atoms with Crippen LogP contribution in [-0.4, -0.2) is 34.9 Å². The number of nitrogens with one attached hydrogen (secondary N) is 1.